The number of carbonyl (C=O) groups excluding carboxylic acids is 1. The first-order valence-corrected chi connectivity index (χ1v) is 14.3. The van der Waals surface area contributed by atoms with Crippen LogP contribution in [0.3, 0.4) is 0 Å². The van der Waals surface area contributed by atoms with Crippen LogP contribution in [0.15, 0.2) is 65.6 Å². The SMILES string of the molecule is COc1ccc(S(=O)(=O)N(CC(=O)N2CCN(c3ccc(-c4ccccc4Cl)nn3)CC2)CC(C)C)cc1. The summed E-state index contributed by atoms with van der Waals surface area (Å²) in [6.07, 6.45) is 0. The van der Waals surface area contributed by atoms with Gasteiger partial charge in [-0.25, -0.2) is 8.42 Å². The molecule has 3 aromatic rings. The van der Waals surface area contributed by atoms with Crippen LogP contribution in [0.2, 0.25) is 5.02 Å². The first-order valence-electron chi connectivity index (χ1n) is 12.4. The molecule has 11 heteroatoms. The van der Waals surface area contributed by atoms with E-state index in [0.29, 0.717) is 42.6 Å². The Kier molecular flexibility index (Phi) is 8.86. The van der Waals surface area contributed by atoms with Crippen LogP contribution >= 0.6 is 11.6 Å². The number of halogens is 1. The summed E-state index contributed by atoms with van der Waals surface area (Å²) in [5.74, 6) is 1.12. The fourth-order valence-electron chi connectivity index (χ4n) is 4.29. The van der Waals surface area contributed by atoms with Gasteiger partial charge in [-0.3, -0.25) is 4.79 Å². The van der Waals surface area contributed by atoms with Gasteiger partial charge in [-0.2, -0.15) is 4.31 Å². The molecule has 0 N–H and O–H groups in total. The van der Waals surface area contributed by atoms with Crippen LogP contribution in [0.4, 0.5) is 5.82 Å². The smallest absolute Gasteiger partial charge is 0.243 e. The quantitative estimate of drug-likeness (QED) is 0.395. The molecule has 2 heterocycles. The molecule has 202 valence electrons. The first kappa shape index (κ1) is 27.8. The minimum atomic E-state index is -3.85. The first-order chi connectivity index (χ1) is 18.2. The molecule has 1 saturated heterocycles. The zero-order valence-electron chi connectivity index (χ0n) is 21.7. The highest BCUT2D eigenvalue weighted by Gasteiger charge is 2.30. The molecule has 1 fully saturated rings. The van der Waals surface area contributed by atoms with Crippen LogP contribution < -0.4 is 9.64 Å². The number of ether oxygens (including phenoxy) is 1. The maximum absolute atomic E-state index is 13.4. The molecule has 0 radical (unpaired) electrons. The van der Waals surface area contributed by atoms with E-state index in [-0.39, 0.29) is 29.8 Å². The van der Waals surface area contributed by atoms with Gasteiger partial charge >= 0.3 is 0 Å². The van der Waals surface area contributed by atoms with E-state index in [4.69, 9.17) is 16.3 Å². The lowest BCUT2D eigenvalue weighted by Crippen LogP contribution is -2.52. The maximum Gasteiger partial charge on any atom is 0.243 e. The van der Waals surface area contributed by atoms with Crippen LogP contribution in [0, 0.1) is 5.92 Å². The minimum absolute atomic E-state index is 0.0555. The molecule has 0 unspecified atom stereocenters. The molecule has 2 aromatic carbocycles. The van der Waals surface area contributed by atoms with E-state index in [2.05, 4.69) is 15.1 Å². The van der Waals surface area contributed by atoms with E-state index >= 15 is 0 Å². The van der Waals surface area contributed by atoms with Crippen molar-refractivity contribution in [2.75, 3.05) is 51.3 Å². The molecule has 1 amide bonds. The fraction of sp³-hybridized carbons (Fsp3) is 0.370. The van der Waals surface area contributed by atoms with Crippen molar-refractivity contribution in [1.82, 2.24) is 19.4 Å². The number of carbonyl (C=O) groups is 1. The summed E-state index contributed by atoms with van der Waals surface area (Å²) in [7, 11) is -2.32. The van der Waals surface area contributed by atoms with Gasteiger partial charge in [0.15, 0.2) is 5.82 Å². The lowest BCUT2D eigenvalue weighted by molar-refractivity contribution is -0.131. The highest BCUT2D eigenvalue weighted by molar-refractivity contribution is 7.89. The van der Waals surface area contributed by atoms with Crippen LogP contribution in [-0.2, 0) is 14.8 Å². The summed E-state index contributed by atoms with van der Waals surface area (Å²) in [6.45, 7) is 5.96. The van der Waals surface area contributed by atoms with Gasteiger partial charge in [0.2, 0.25) is 15.9 Å². The number of sulfonamides is 1. The molecule has 38 heavy (non-hydrogen) atoms. The van der Waals surface area contributed by atoms with Crippen molar-refractivity contribution < 1.29 is 17.9 Å². The number of piperazine rings is 1. The van der Waals surface area contributed by atoms with Gasteiger partial charge in [0.05, 0.1) is 29.3 Å². The molecular formula is C27H32ClN5O4S. The molecule has 0 saturated carbocycles. The molecular weight excluding hydrogens is 526 g/mol. The average molecular weight is 558 g/mol. The second-order valence-electron chi connectivity index (χ2n) is 9.49. The van der Waals surface area contributed by atoms with Crippen molar-refractivity contribution in [1.29, 1.82) is 0 Å². The molecule has 0 atom stereocenters. The molecule has 4 rings (SSSR count). The number of methoxy groups -OCH3 is 1. The standard InChI is InChI=1S/C27H32ClN5O4S/c1-20(2)18-33(38(35,36)22-10-8-21(37-3)9-11-22)19-27(34)32-16-14-31(15-17-32)26-13-12-25(29-30-26)23-6-4-5-7-24(23)28/h4-13,20H,14-19H2,1-3H3. The molecule has 1 aliphatic rings. The monoisotopic (exact) mass is 557 g/mol. The van der Waals surface area contributed by atoms with Crippen molar-refractivity contribution >= 4 is 33.3 Å². The summed E-state index contributed by atoms with van der Waals surface area (Å²) in [4.78, 5) is 17.1. The largest absolute Gasteiger partial charge is 0.497 e. The molecule has 1 aromatic heterocycles. The maximum atomic E-state index is 13.4. The zero-order chi connectivity index (χ0) is 27.3. The second kappa shape index (κ2) is 12.1. The predicted molar refractivity (Wildman–Crippen MR) is 148 cm³/mol. The van der Waals surface area contributed by atoms with Gasteiger partial charge in [-0.15, -0.1) is 10.2 Å². The van der Waals surface area contributed by atoms with Crippen LogP contribution in [-0.4, -0.2) is 80.1 Å². The molecule has 0 bridgehead atoms. The Labute approximate surface area is 229 Å². The van der Waals surface area contributed by atoms with E-state index in [1.54, 1.807) is 17.0 Å². The average Bonchev–Trinajstić information content (AvgIpc) is 2.93. The number of amides is 1. The normalized spacial score (nSPS) is 14.3. The molecule has 0 spiro atoms. The summed E-state index contributed by atoms with van der Waals surface area (Å²) < 4.78 is 33.1. The Hall–Kier alpha value is -3.21. The van der Waals surface area contributed by atoms with E-state index in [1.165, 1.54) is 23.5 Å². The second-order valence-corrected chi connectivity index (χ2v) is 11.8. The summed E-state index contributed by atoms with van der Waals surface area (Å²) in [6, 6.07) is 17.5. The Balaban J connectivity index is 1.39. The zero-order valence-corrected chi connectivity index (χ0v) is 23.3. The van der Waals surface area contributed by atoms with Crippen molar-refractivity contribution in [3.63, 3.8) is 0 Å². The lowest BCUT2D eigenvalue weighted by atomic mass is 10.1. The van der Waals surface area contributed by atoms with E-state index in [1.807, 2.05) is 50.2 Å². The van der Waals surface area contributed by atoms with E-state index < -0.39 is 10.0 Å². The number of nitrogens with zero attached hydrogens (tertiary/aromatic N) is 5. The number of hydrogen-bond donors (Lipinski definition) is 0. The third-order valence-corrected chi connectivity index (χ3v) is 8.49. The number of rotatable bonds is 9. The Morgan fingerprint density at radius 3 is 2.26 bits per heavy atom. The van der Waals surface area contributed by atoms with E-state index in [9.17, 15) is 13.2 Å². The topological polar surface area (TPSA) is 95.9 Å². The van der Waals surface area contributed by atoms with Gasteiger partial charge < -0.3 is 14.5 Å². The van der Waals surface area contributed by atoms with Crippen LogP contribution in [0.25, 0.3) is 11.3 Å². The lowest BCUT2D eigenvalue weighted by Gasteiger charge is -2.36. The van der Waals surface area contributed by atoms with Gasteiger partial charge in [0.25, 0.3) is 0 Å². The minimum Gasteiger partial charge on any atom is -0.497 e. The third kappa shape index (κ3) is 6.43. The fourth-order valence-corrected chi connectivity index (χ4v) is 6.08. The predicted octanol–water partition coefficient (Wildman–Crippen LogP) is 3.80. The van der Waals surface area contributed by atoms with Crippen LogP contribution in [0.1, 0.15) is 13.8 Å². The Morgan fingerprint density at radius 2 is 1.68 bits per heavy atom. The number of benzene rings is 2. The summed E-state index contributed by atoms with van der Waals surface area (Å²) in [5, 5.41) is 9.31. The highest BCUT2D eigenvalue weighted by Crippen LogP contribution is 2.26. The molecule has 1 aliphatic heterocycles. The third-order valence-electron chi connectivity index (χ3n) is 6.33. The number of hydrogen-bond acceptors (Lipinski definition) is 7. The van der Waals surface area contributed by atoms with Gasteiger partial charge in [-0.1, -0.05) is 43.6 Å². The van der Waals surface area contributed by atoms with Crippen molar-refractivity contribution in [2.24, 2.45) is 5.92 Å². The Bertz CT molecular complexity index is 1340. The van der Waals surface area contributed by atoms with E-state index in [0.717, 1.165) is 11.4 Å². The van der Waals surface area contributed by atoms with Gasteiger partial charge in [-0.05, 0) is 48.4 Å². The summed E-state index contributed by atoms with van der Waals surface area (Å²) >= 11 is 6.27. The number of anilines is 1. The van der Waals surface area contributed by atoms with Crippen molar-refractivity contribution in [3.05, 3.63) is 65.7 Å². The molecule has 9 nitrogen and oxygen atoms in total. The Morgan fingerprint density at radius 1 is 1.00 bits per heavy atom. The number of aromatic nitrogens is 2. The van der Waals surface area contributed by atoms with Crippen molar-refractivity contribution in [3.8, 4) is 17.0 Å². The summed E-state index contributed by atoms with van der Waals surface area (Å²) in [5.41, 5.74) is 1.51. The van der Waals surface area contributed by atoms with Crippen molar-refractivity contribution in [2.45, 2.75) is 18.7 Å². The van der Waals surface area contributed by atoms with Gasteiger partial charge in [0.1, 0.15) is 5.75 Å². The van der Waals surface area contributed by atoms with Gasteiger partial charge in [0, 0.05) is 38.3 Å². The van der Waals surface area contributed by atoms with Crippen LogP contribution in [0.5, 0.6) is 5.75 Å². The molecule has 0 aliphatic carbocycles. The highest BCUT2D eigenvalue weighted by atomic mass is 35.5.